The lowest BCUT2D eigenvalue weighted by atomic mass is 10.2. The lowest BCUT2D eigenvalue weighted by molar-refractivity contribution is 0.0525. The van der Waals surface area contributed by atoms with Crippen LogP contribution in [0.4, 0.5) is 5.82 Å². The molecule has 0 bridgehead atoms. The third-order valence-corrected chi connectivity index (χ3v) is 4.68. The topological polar surface area (TPSA) is 75.6 Å². The molecule has 1 saturated heterocycles. The van der Waals surface area contributed by atoms with E-state index in [1.165, 1.54) is 6.20 Å². The maximum atomic E-state index is 12.6. The molecular formula is C18H18Cl2N4O3. The van der Waals surface area contributed by atoms with E-state index in [4.69, 9.17) is 27.9 Å². The Labute approximate surface area is 166 Å². The van der Waals surface area contributed by atoms with Crippen molar-refractivity contribution in [1.82, 2.24) is 14.9 Å². The lowest BCUT2D eigenvalue weighted by Gasteiger charge is -2.35. The van der Waals surface area contributed by atoms with Crippen molar-refractivity contribution < 1.29 is 14.3 Å². The van der Waals surface area contributed by atoms with Gasteiger partial charge in [-0.05, 0) is 31.2 Å². The number of hydrogen-bond acceptors (Lipinski definition) is 6. The Kier molecular flexibility index (Phi) is 6.13. The fourth-order valence-electron chi connectivity index (χ4n) is 2.77. The zero-order chi connectivity index (χ0) is 19.4. The molecule has 2 aromatic heterocycles. The summed E-state index contributed by atoms with van der Waals surface area (Å²) in [6.45, 7) is 4.30. The summed E-state index contributed by atoms with van der Waals surface area (Å²) in [4.78, 5) is 36.4. The van der Waals surface area contributed by atoms with E-state index in [1.807, 2.05) is 4.90 Å². The van der Waals surface area contributed by atoms with Gasteiger partial charge in [-0.25, -0.2) is 14.8 Å². The second kappa shape index (κ2) is 8.54. The van der Waals surface area contributed by atoms with Crippen molar-refractivity contribution in [1.29, 1.82) is 0 Å². The van der Waals surface area contributed by atoms with E-state index in [1.54, 1.807) is 36.1 Å². The molecule has 1 aliphatic heterocycles. The number of piperazine rings is 1. The van der Waals surface area contributed by atoms with Crippen LogP contribution in [0, 0.1) is 0 Å². The van der Waals surface area contributed by atoms with Crippen LogP contribution in [0.25, 0.3) is 0 Å². The second-order valence-electron chi connectivity index (χ2n) is 5.87. The molecule has 3 heterocycles. The van der Waals surface area contributed by atoms with Gasteiger partial charge in [0.2, 0.25) is 0 Å². The highest BCUT2D eigenvalue weighted by Crippen LogP contribution is 2.20. The maximum Gasteiger partial charge on any atom is 0.339 e. The molecule has 27 heavy (non-hydrogen) atoms. The van der Waals surface area contributed by atoms with Gasteiger partial charge in [0, 0.05) is 32.4 Å². The van der Waals surface area contributed by atoms with Gasteiger partial charge in [-0.1, -0.05) is 23.2 Å². The number of carbonyl (C=O) groups excluding carboxylic acids is 2. The molecule has 0 N–H and O–H groups in total. The van der Waals surface area contributed by atoms with Crippen molar-refractivity contribution in [3.63, 3.8) is 0 Å². The van der Waals surface area contributed by atoms with E-state index >= 15 is 0 Å². The first kappa shape index (κ1) is 19.4. The van der Waals surface area contributed by atoms with Gasteiger partial charge in [0.25, 0.3) is 5.91 Å². The Bertz CT molecular complexity index is 837. The minimum absolute atomic E-state index is 0.162. The van der Waals surface area contributed by atoms with Crippen molar-refractivity contribution in [3.05, 3.63) is 51.9 Å². The Morgan fingerprint density at radius 3 is 2.48 bits per heavy atom. The van der Waals surface area contributed by atoms with E-state index in [-0.39, 0.29) is 21.8 Å². The number of anilines is 1. The average Bonchev–Trinajstić information content (AvgIpc) is 2.70. The number of pyridine rings is 2. The minimum atomic E-state index is -0.391. The molecular weight excluding hydrogens is 391 g/mol. The smallest absolute Gasteiger partial charge is 0.339 e. The number of rotatable bonds is 4. The summed E-state index contributed by atoms with van der Waals surface area (Å²) in [5.74, 6) is 0.111. The van der Waals surface area contributed by atoms with Gasteiger partial charge in [-0.3, -0.25) is 4.79 Å². The van der Waals surface area contributed by atoms with Crippen molar-refractivity contribution in [3.8, 4) is 0 Å². The van der Waals surface area contributed by atoms with Gasteiger partial charge in [0.05, 0.1) is 17.2 Å². The van der Waals surface area contributed by atoms with Gasteiger partial charge >= 0.3 is 5.97 Å². The third kappa shape index (κ3) is 4.48. The first-order valence-corrected chi connectivity index (χ1v) is 9.24. The fraction of sp³-hybridized carbons (Fsp3) is 0.333. The summed E-state index contributed by atoms with van der Waals surface area (Å²) in [5, 5.41) is 0.510. The predicted molar refractivity (Wildman–Crippen MR) is 103 cm³/mol. The lowest BCUT2D eigenvalue weighted by Crippen LogP contribution is -2.49. The zero-order valence-electron chi connectivity index (χ0n) is 14.7. The van der Waals surface area contributed by atoms with Crippen molar-refractivity contribution in [2.45, 2.75) is 6.92 Å². The summed E-state index contributed by atoms with van der Waals surface area (Å²) in [6.07, 6.45) is 1.50. The molecule has 0 radical (unpaired) electrons. The number of aromatic nitrogens is 2. The molecule has 0 saturated carbocycles. The van der Waals surface area contributed by atoms with E-state index < -0.39 is 5.97 Å². The summed E-state index contributed by atoms with van der Waals surface area (Å²) in [6, 6.07) is 6.58. The van der Waals surface area contributed by atoms with Crippen LogP contribution < -0.4 is 4.90 Å². The standard InChI is InChI=1S/C18H18Cl2N4O3/c1-2-27-18(26)12-3-6-15(21-11-12)23-7-9-24(10-8-23)17(25)16-13(19)4-5-14(20)22-16/h3-6,11H,2,7-10H2,1H3. The Morgan fingerprint density at radius 1 is 1.11 bits per heavy atom. The molecule has 1 amide bonds. The van der Waals surface area contributed by atoms with E-state index in [0.717, 1.165) is 5.82 Å². The molecule has 3 rings (SSSR count). The Hall–Kier alpha value is -2.38. The number of hydrogen-bond donors (Lipinski definition) is 0. The Morgan fingerprint density at radius 2 is 1.85 bits per heavy atom. The molecule has 0 atom stereocenters. The van der Waals surface area contributed by atoms with E-state index in [9.17, 15) is 9.59 Å². The van der Waals surface area contributed by atoms with E-state index in [2.05, 4.69) is 9.97 Å². The number of nitrogens with zero attached hydrogens (tertiary/aromatic N) is 4. The van der Waals surface area contributed by atoms with Crippen LogP contribution in [0.1, 0.15) is 27.8 Å². The molecule has 7 nitrogen and oxygen atoms in total. The van der Waals surface area contributed by atoms with Crippen molar-refractivity contribution >= 4 is 40.9 Å². The molecule has 142 valence electrons. The number of esters is 1. The molecule has 0 aliphatic carbocycles. The Balaban J connectivity index is 1.62. The monoisotopic (exact) mass is 408 g/mol. The molecule has 0 unspecified atom stereocenters. The van der Waals surface area contributed by atoms with Gasteiger partial charge in [0.15, 0.2) is 0 Å². The van der Waals surface area contributed by atoms with Crippen LogP contribution >= 0.6 is 23.2 Å². The highest BCUT2D eigenvalue weighted by atomic mass is 35.5. The van der Waals surface area contributed by atoms with Crippen LogP contribution in [-0.4, -0.2) is 59.5 Å². The minimum Gasteiger partial charge on any atom is -0.462 e. The number of carbonyl (C=O) groups is 2. The second-order valence-corrected chi connectivity index (χ2v) is 6.66. The number of amides is 1. The van der Waals surface area contributed by atoms with E-state index in [0.29, 0.717) is 38.3 Å². The zero-order valence-corrected chi connectivity index (χ0v) is 16.2. The average molecular weight is 409 g/mol. The van der Waals surface area contributed by atoms with Crippen LogP contribution in [0.5, 0.6) is 0 Å². The third-order valence-electron chi connectivity index (χ3n) is 4.16. The van der Waals surface area contributed by atoms with Crippen LogP contribution in [0.15, 0.2) is 30.5 Å². The summed E-state index contributed by atoms with van der Waals surface area (Å²) >= 11 is 11.9. The quantitative estimate of drug-likeness (QED) is 0.571. The van der Waals surface area contributed by atoms with Gasteiger partial charge in [-0.2, -0.15) is 0 Å². The molecule has 2 aromatic rings. The van der Waals surface area contributed by atoms with Crippen molar-refractivity contribution in [2.75, 3.05) is 37.7 Å². The first-order chi connectivity index (χ1) is 13.0. The predicted octanol–water partition coefficient (Wildman–Crippen LogP) is 2.92. The highest BCUT2D eigenvalue weighted by molar-refractivity contribution is 6.34. The van der Waals surface area contributed by atoms with Crippen LogP contribution in [0.3, 0.4) is 0 Å². The molecule has 0 spiro atoms. The maximum absolute atomic E-state index is 12.6. The molecule has 1 aliphatic rings. The molecule has 9 heteroatoms. The number of halogens is 2. The fourth-order valence-corrected chi connectivity index (χ4v) is 3.10. The van der Waals surface area contributed by atoms with Crippen LogP contribution in [0.2, 0.25) is 10.2 Å². The summed E-state index contributed by atoms with van der Waals surface area (Å²) in [5.41, 5.74) is 0.575. The summed E-state index contributed by atoms with van der Waals surface area (Å²) in [7, 11) is 0. The van der Waals surface area contributed by atoms with Gasteiger partial charge in [0.1, 0.15) is 16.7 Å². The highest BCUT2D eigenvalue weighted by Gasteiger charge is 2.25. The van der Waals surface area contributed by atoms with Crippen molar-refractivity contribution in [2.24, 2.45) is 0 Å². The van der Waals surface area contributed by atoms with Gasteiger partial charge < -0.3 is 14.5 Å². The molecule has 0 aromatic carbocycles. The number of ether oxygens (including phenoxy) is 1. The molecule has 1 fully saturated rings. The SMILES string of the molecule is CCOC(=O)c1ccc(N2CCN(C(=O)c3nc(Cl)ccc3Cl)CC2)nc1. The van der Waals surface area contributed by atoms with Crippen LogP contribution in [-0.2, 0) is 4.74 Å². The largest absolute Gasteiger partial charge is 0.462 e. The normalized spacial score (nSPS) is 14.2. The summed E-state index contributed by atoms with van der Waals surface area (Å²) < 4.78 is 4.95. The van der Waals surface area contributed by atoms with Gasteiger partial charge in [-0.15, -0.1) is 0 Å². The first-order valence-electron chi connectivity index (χ1n) is 8.49.